The first-order valence-corrected chi connectivity index (χ1v) is 11.5. The molecule has 0 atom stereocenters. The number of nitrogens with one attached hydrogen (secondary N) is 1. The number of ether oxygens (including phenoxy) is 2. The molecule has 0 radical (unpaired) electrons. The van der Waals surface area contributed by atoms with Crippen molar-refractivity contribution in [1.29, 1.82) is 0 Å². The van der Waals surface area contributed by atoms with E-state index in [9.17, 15) is 9.59 Å². The summed E-state index contributed by atoms with van der Waals surface area (Å²) < 4.78 is 11.7. The number of hydrazine groups is 1. The Morgan fingerprint density at radius 2 is 1.80 bits per heavy atom. The summed E-state index contributed by atoms with van der Waals surface area (Å²) in [6.45, 7) is 4.02. The lowest BCUT2D eigenvalue weighted by Crippen LogP contribution is -2.35. The molecule has 35 heavy (non-hydrogen) atoms. The van der Waals surface area contributed by atoms with Crippen molar-refractivity contribution in [2.75, 3.05) is 12.1 Å². The van der Waals surface area contributed by atoms with Gasteiger partial charge in [-0.2, -0.15) is 0 Å². The number of para-hydroxylation sites is 1. The number of carbonyl (C=O) groups is 2. The third-order valence-electron chi connectivity index (χ3n) is 5.34. The second-order valence-electron chi connectivity index (χ2n) is 7.70. The summed E-state index contributed by atoms with van der Waals surface area (Å²) in [6.07, 6.45) is 3.75. The van der Waals surface area contributed by atoms with Crippen LogP contribution in [0.15, 0.2) is 78.9 Å². The molecule has 1 aliphatic rings. The number of nitrogens with zero attached hydrogens (tertiary/aromatic N) is 1. The van der Waals surface area contributed by atoms with E-state index in [2.05, 4.69) is 12.0 Å². The molecule has 1 saturated heterocycles. The highest BCUT2D eigenvalue weighted by Crippen LogP contribution is 2.36. The fourth-order valence-corrected chi connectivity index (χ4v) is 4.12. The lowest BCUT2D eigenvalue weighted by atomic mass is 10.0. The number of carbonyl (C=O) groups excluding carboxylic acids is 2. The number of benzene rings is 3. The number of amides is 2. The fraction of sp³-hybridized carbons (Fsp3) is 0.111. The van der Waals surface area contributed by atoms with Gasteiger partial charge in [-0.1, -0.05) is 53.5 Å². The van der Waals surface area contributed by atoms with E-state index in [1.54, 1.807) is 54.6 Å². The third-order valence-corrected chi connectivity index (χ3v) is 5.93. The first-order chi connectivity index (χ1) is 16.9. The summed E-state index contributed by atoms with van der Waals surface area (Å²) in [5, 5.41) is 2.26. The molecule has 0 aliphatic carbocycles. The highest BCUT2D eigenvalue weighted by atomic mass is 35.5. The van der Waals surface area contributed by atoms with Gasteiger partial charge in [0.1, 0.15) is 12.2 Å². The Kier molecular flexibility index (Phi) is 7.44. The van der Waals surface area contributed by atoms with Crippen LogP contribution in [-0.2, 0) is 22.6 Å². The quantitative estimate of drug-likeness (QED) is 0.238. The number of hydrogen-bond donors (Lipinski definition) is 1. The standard InChI is InChI=1S/C27H22Cl2N2O4/c1-3-7-18-12-17(13-22-26(32)30-31(27(22)33)21-8-5-4-6-9-21)14-24(34-2)25(18)35-16-19-10-11-20(28)15-23(19)29/h3-6,8-15H,1,7,16H2,2H3,(H,30,32)/b22-13-. The first-order valence-electron chi connectivity index (χ1n) is 10.7. The SMILES string of the molecule is C=CCc1cc(/C=C2/C(=O)NN(c3ccccc3)C2=O)cc(OC)c1OCc1ccc(Cl)cc1Cl. The number of methoxy groups -OCH3 is 1. The van der Waals surface area contributed by atoms with Gasteiger partial charge in [0, 0.05) is 21.2 Å². The predicted molar refractivity (Wildman–Crippen MR) is 138 cm³/mol. The van der Waals surface area contributed by atoms with Crippen LogP contribution in [0.5, 0.6) is 11.5 Å². The highest BCUT2D eigenvalue weighted by Gasteiger charge is 2.34. The van der Waals surface area contributed by atoms with Crippen molar-refractivity contribution in [3.63, 3.8) is 0 Å². The molecule has 1 fully saturated rings. The molecule has 0 bridgehead atoms. The zero-order chi connectivity index (χ0) is 24.9. The van der Waals surface area contributed by atoms with Gasteiger partial charge in [-0.25, -0.2) is 5.01 Å². The van der Waals surface area contributed by atoms with Gasteiger partial charge in [0.25, 0.3) is 11.8 Å². The van der Waals surface area contributed by atoms with E-state index in [0.29, 0.717) is 39.2 Å². The molecular formula is C27H22Cl2N2O4. The van der Waals surface area contributed by atoms with Crippen LogP contribution < -0.4 is 19.9 Å². The smallest absolute Gasteiger partial charge is 0.282 e. The van der Waals surface area contributed by atoms with E-state index >= 15 is 0 Å². The van der Waals surface area contributed by atoms with Gasteiger partial charge >= 0.3 is 0 Å². The van der Waals surface area contributed by atoms with Gasteiger partial charge in [0.05, 0.1) is 12.8 Å². The normalized spacial score (nSPS) is 14.3. The second kappa shape index (κ2) is 10.7. The molecule has 2 amide bonds. The second-order valence-corrected chi connectivity index (χ2v) is 8.55. The van der Waals surface area contributed by atoms with E-state index in [0.717, 1.165) is 11.1 Å². The van der Waals surface area contributed by atoms with Gasteiger partial charge in [-0.15, -0.1) is 6.58 Å². The molecule has 1 heterocycles. The summed E-state index contributed by atoms with van der Waals surface area (Å²) in [5.74, 6) is 0.0460. The van der Waals surface area contributed by atoms with E-state index in [-0.39, 0.29) is 12.2 Å². The van der Waals surface area contributed by atoms with Crippen LogP contribution in [0.3, 0.4) is 0 Å². The number of anilines is 1. The molecule has 0 unspecified atom stereocenters. The molecule has 178 valence electrons. The van der Waals surface area contributed by atoms with E-state index in [4.69, 9.17) is 32.7 Å². The molecule has 1 aliphatic heterocycles. The summed E-state index contributed by atoms with van der Waals surface area (Å²) in [7, 11) is 1.52. The Labute approximate surface area is 213 Å². The van der Waals surface area contributed by atoms with Crippen LogP contribution >= 0.6 is 23.2 Å². The van der Waals surface area contributed by atoms with Crippen molar-refractivity contribution in [2.45, 2.75) is 13.0 Å². The third kappa shape index (κ3) is 5.34. The van der Waals surface area contributed by atoms with Crippen molar-refractivity contribution < 1.29 is 19.1 Å². The molecule has 8 heteroatoms. The maximum Gasteiger partial charge on any atom is 0.282 e. The average Bonchev–Trinajstić information content (AvgIpc) is 3.13. The summed E-state index contributed by atoms with van der Waals surface area (Å²) in [4.78, 5) is 25.5. The summed E-state index contributed by atoms with van der Waals surface area (Å²) in [6, 6.07) is 17.6. The van der Waals surface area contributed by atoms with Gasteiger partial charge in [0.2, 0.25) is 0 Å². The average molecular weight is 509 g/mol. The van der Waals surface area contributed by atoms with Crippen LogP contribution in [0, 0.1) is 0 Å². The lowest BCUT2D eigenvalue weighted by Gasteiger charge is -2.16. The molecule has 3 aromatic carbocycles. The zero-order valence-corrected chi connectivity index (χ0v) is 20.4. The van der Waals surface area contributed by atoms with Gasteiger partial charge in [-0.05, 0) is 54.5 Å². The van der Waals surface area contributed by atoms with Gasteiger partial charge < -0.3 is 9.47 Å². The fourth-order valence-electron chi connectivity index (χ4n) is 3.66. The number of halogens is 2. The van der Waals surface area contributed by atoms with Crippen LogP contribution in [0.2, 0.25) is 10.0 Å². The van der Waals surface area contributed by atoms with E-state index < -0.39 is 11.8 Å². The van der Waals surface area contributed by atoms with Crippen molar-refractivity contribution in [3.05, 3.63) is 106 Å². The predicted octanol–water partition coefficient (Wildman–Crippen LogP) is 5.77. The summed E-state index contributed by atoms with van der Waals surface area (Å²) >= 11 is 12.3. The Hall–Kier alpha value is -3.74. The molecule has 0 spiro atoms. The largest absolute Gasteiger partial charge is 0.493 e. The Morgan fingerprint density at radius 3 is 2.49 bits per heavy atom. The van der Waals surface area contributed by atoms with Crippen molar-refractivity contribution in [3.8, 4) is 11.5 Å². The van der Waals surface area contributed by atoms with Crippen LogP contribution in [0.4, 0.5) is 5.69 Å². The molecule has 3 aromatic rings. The van der Waals surface area contributed by atoms with E-state index in [1.165, 1.54) is 18.2 Å². The number of hydrogen-bond acceptors (Lipinski definition) is 4. The van der Waals surface area contributed by atoms with Crippen molar-refractivity contribution in [2.24, 2.45) is 0 Å². The van der Waals surface area contributed by atoms with Crippen molar-refractivity contribution >= 4 is 46.8 Å². The minimum Gasteiger partial charge on any atom is -0.493 e. The maximum atomic E-state index is 12.9. The molecule has 6 nitrogen and oxygen atoms in total. The van der Waals surface area contributed by atoms with Crippen molar-refractivity contribution in [1.82, 2.24) is 5.43 Å². The lowest BCUT2D eigenvalue weighted by molar-refractivity contribution is -0.117. The Morgan fingerprint density at radius 1 is 1.03 bits per heavy atom. The molecule has 0 aromatic heterocycles. The Balaban J connectivity index is 1.65. The molecule has 1 N–H and O–H groups in total. The molecule has 4 rings (SSSR count). The Bertz CT molecular complexity index is 1320. The zero-order valence-electron chi connectivity index (χ0n) is 18.9. The summed E-state index contributed by atoms with van der Waals surface area (Å²) in [5.41, 5.74) is 5.35. The van der Waals surface area contributed by atoms with E-state index in [1.807, 2.05) is 12.1 Å². The minimum absolute atomic E-state index is 0.0158. The first kappa shape index (κ1) is 24.4. The van der Waals surface area contributed by atoms with Crippen LogP contribution in [-0.4, -0.2) is 18.9 Å². The van der Waals surface area contributed by atoms with Crippen LogP contribution in [0.25, 0.3) is 6.08 Å². The van der Waals surface area contributed by atoms with Gasteiger partial charge in [0.15, 0.2) is 11.5 Å². The molecule has 0 saturated carbocycles. The number of allylic oxidation sites excluding steroid dienone is 1. The number of rotatable bonds is 8. The maximum absolute atomic E-state index is 12.9. The minimum atomic E-state index is -0.485. The molecular weight excluding hydrogens is 487 g/mol. The van der Waals surface area contributed by atoms with Crippen LogP contribution in [0.1, 0.15) is 16.7 Å². The van der Waals surface area contributed by atoms with Gasteiger partial charge in [-0.3, -0.25) is 15.0 Å². The highest BCUT2D eigenvalue weighted by molar-refractivity contribution is 6.35. The monoisotopic (exact) mass is 508 g/mol. The topological polar surface area (TPSA) is 67.9 Å².